The van der Waals surface area contributed by atoms with Crippen molar-refractivity contribution in [3.63, 3.8) is 0 Å². The third-order valence-electron chi connectivity index (χ3n) is 4.35. The summed E-state index contributed by atoms with van der Waals surface area (Å²) in [5.41, 5.74) is 0.689. The van der Waals surface area contributed by atoms with Gasteiger partial charge in [0, 0.05) is 11.9 Å². The lowest BCUT2D eigenvalue weighted by Gasteiger charge is -2.44. The van der Waals surface area contributed by atoms with Gasteiger partial charge in [-0.2, -0.15) is 14.5 Å². The van der Waals surface area contributed by atoms with E-state index in [-0.39, 0.29) is 0 Å². The minimum Gasteiger partial charge on any atom is -0.301 e. The molecule has 2 aromatic rings. The lowest BCUT2D eigenvalue weighted by atomic mass is 9.84. The fourth-order valence-electron chi connectivity index (χ4n) is 3.35. The second-order valence-corrected chi connectivity index (χ2v) is 5.34. The average molecular weight is 246 g/mol. The molecular formula is C13H15FN4. The molecule has 0 amide bonds. The van der Waals surface area contributed by atoms with Crippen molar-refractivity contribution in [2.45, 2.75) is 18.9 Å². The van der Waals surface area contributed by atoms with Gasteiger partial charge in [0.2, 0.25) is 5.95 Å². The summed E-state index contributed by atoms with van der Waals surface area (Å²) in [5.74, 6) is 0.244. The molecule has 3 aliphatic rings. The fourth-order valence-corrected chi connectivity index (χ4v) is 3.35. The number of halogens is 1. The molecule has 0 spiro atoms. The molecular weight excluding hydrogens is 231 g/mol. The summed E-state index contributed by atoms with van der Waals surface area (Å²) in [4.78, 5) is 6.48. The number of aromatic nitrogens is 3. The number of hydrogen-bond donors (Lipinski definition) is 0. The first-order valence-electron chi connectivity index (χ1n) is 6.53. The Labute approximate surface area is 104 Å². The smallest absolute Gasteiger partial charge is 0.214 e. The van der Waals surface area contributed by atoms with Crippen molar-refractivity contribution in [2.24, 2.45) is 5.92 Å². The van der Waals surface area contributed by atoms with Gasteiger partial charge in [-0.1, -0.05) is 0 Å². The van der Waals surface area contributed by atoms with Crippen LogP contribution in [0.25, 0.3) is 11.0 Å². The van der Waals surface area contributed by atoms with Crippen LogP contribution < -0.4 is 0 Å². The molecule has 4 nitrogen and oxygen atoms in total. The Balaban J connectivity index is 1.80. The molecule has 18 heavy (non-hydrogen) atoms. The van der Waals surface area contributed by atoms with E-state index in [0.29, 0.717) is 17.6 Å². The van der Waals surface area contributed by atoms with Gasteiger partial charge in [0.15, 0.2) is 5.65 Å². The first-order chi connectivity index (χ1) is 8.81. The summed E-state index contributed by atoms with van der Waals surface area (Å²) >= 11 is 0. The van der Waals surface area contributed by atoms with Gasteiger partial charge in [-0.05, 0) is 44.0 Å². The van der Waals surface area contributed by atoms with E-state index in [1.807, 2.05) is 4.68 Å². The van der Waals surface area contributed by atoms with Crippen molar-refractivity contribution < 1.29 is 4.39 Å². The van der Waals surface area contributed by atoms with Gasteiger partial charge in [0.05, 0.1) is 12.2 Å². The SMILES string of the molecule is Fc1ccc2cnn([C@@H]3CN4CCC3CC4)c2n1. The van der Waals surface area contributed by atoms with Crippen LogP contribution in [0, 0.1) is 11.9 Å². The van der Waals surface area contributed by atoms with Crippen LogP contribution in [0.2, 0.25) is 0 Å². The van der Waals surface area contributed by atoms with E-state index in [1.165, 1.54) is 32.0 Å². The van der Waals surface area contributed by atoms with E-state index in [4.69, 9.17) is 0 Å². The summed E-state index contributed by atoms with van der Waals surface area (Å²) in [6, 6.07) is 3.51. The van der Waals surface area contributed by atoms with Crippen LogP contribution in [0.5, 0.6) is 0 Å². The number of rotatable bonds is 1. The van der Waals surface area contributed by atoms with Gasteiger partial charge in [-0.15, -0.1) is 0 Å². The fraction of sp³-hybridized carbons (Fsp3) is 0.538. The van der Waals surface area contributed by atoms with E-state index >= 15 is 0 Å². The van der Waals surface area contributed by atoms with Crippen molar-refractivity contribution in [1.82, 2.24) is 19.7 Å². The maximum Gasteiger partial charge on any atom is 0.214 e. The van der Waals surface area contributed by atoms with E-state index < -0.39 is 5.95 Å². The zero-order chi connectivity index (χ0) is 12.1. The Kier molecular flexibility index (Phi) is 2.17. The maximum absolute atomic E-state index is 13.3. The lowest BCUT2D eigenvalue weighted by molar-refractivity contribution is 0.0530. The highest BCUT2D eigenvalue weighted by molar-refractivity contribution is 5.74. The van der Waals surface area contributed by atoms with E-state index in [0.717, 1.165) is 11.9 Å². The normalized spacial score (nSPS) is 31.1. The first-order valence-corrected chi connectivity index (χ1v) is 6.53. The highest BCUT2D eigenvalue weighted by Gasteiger charge is 2.36. The molecule has 0 N–H and O–H groups in total. The zero-order valence-corrected chi connectivity index (χ0v) is 10.1. The van der Waals surface area contributed by atoms with Gasteiger partial charge < -0.3 is 4.90 Å². The first kappa shape index (κ1) is 10.4. The molecule has 3 aliphatic heterocycles. The van der Waals surface area contributed by atoms with Gasteiger partial charge >= 0.3 is 0 Å². The molecule has 0 saturated carbocycles. The predicted molar refractivity (Wildman–Crippen MR) is 65.7 cm³/mol. The van der Waals surface area contributed by atoms with E-state index in [9.17, 15) is 4.39 Å². The van der Waals surface area contributed by atoms with Crippen LogP contribution in [0.15, 0.2) is 18.3 Å². The lowest BCUT2D eigenvalue weighted by Crippen LogP contribution is -2.48. The number of fused-ring (bicyclic) bond motifs is 4. The third kappa shape index (κ3) is 1.47. The molecule has 5 heteroatoms. The Morgan fingerprint density at radius 3 is 2.78 bits per heavy atom. The third-order valence-corrected chi connectivity index (χ3v) is 4.35. The molecule has 0 unspecified atom stereocenters. The topological polar surface area (TPSA) is 34.0 Å². The summed E-state index contributed by atoms with van der Waals surface area (Å²) in [6.45, 7) is 3.42. The predicted octanol–water partition coefficient (Wildman–Crippen LogP) is 1.84. The van der Waals surface area contributed by atoms with Gasteiger partial charge in [-0.3, -0.25) is 0 Å². The molecule has 0 radical (unpaired) electrons. The zero-order valence-electron chi connectivity index (χ0n) is 10.1. The van der Waals surface area contributed by atoms with Crippen LogP contribution in [0.4, 0.5) is 4.39 Å². The van der Waals surface area contributed by atoms with Crippen molar-refractivity contribution in [3.05, 3.63) is 24.3 Å². The minimum atomic E-state index is -0.425. The van der Waals surface area contributed by atoms with Gasteiger partial charge in [-0.25, -0.2) is 4.68 Å². The molecule has 5 rings (SSSR count). The Bertz CT molecular complexity index is 586. The number of piperidine rings is 3. The van der Waals surface area contributed by atoms with Crippen molar-refractivity contribution in [1.29, 1.82) is 0 Å². The molecule has 2 bridgehead atoms. The Morgan fingerprint density at radius 1 is 1.22 bits per heavy atom. The minimum absolute atomic E-state index is 0.360. The van der Waals surface area contributed by atoms with Crippen molar-refractivity contribution in [3.8, 4) is 0 Å². The second kappa shape index (κ2) is 3.75. The highest BCUT2D eigenvalue weighted by atomic mass is 19.1. The Morgan fingerprint density at radius 2 is 2.06 bits per heavy atom. The molecule has 0 aliphatic carbocycles. The van der Waals surface area contributed by atoms with Crippen LogP contribution in [-0.4, -0.2) is 39.3 Å². The summed E-state index contributed by atoms with van der Waals surface area (Å²) < 4.78 is 15.2. The van der Waals surface area contributed by atoms with Crippen LogP contribution in [0.3, 0.4) is 0 Å². The standard InChI is InChI=1S/C13H15FN4/c14-12-2-1-10-7-15-18(13(10)16-12)11-8-17-5-3-9(11)4-6-17/h1-2,7,9,11H,3-6,8H2/t11-/m1/s1. The van der Waals surface area contributed by atoms with Crippen LogP contribution >= 0.6 is 0 Å². The monoisotopic (exact) mass is 246 g/mol. The van der Waals surface area contributed by atoms with Gasteiger partial charge in [0.1, 0.15) is 0 Å². The van der Waals surface area contributed by atoms with E-state index in [2.05, 4.69) is 15.0 Å². The second-order valence-electron chi connectivity index (χ2n) is 5.34. The number of hydrogen-bond acceptors (Lipinski definition) is 3. The summed E-state index contributed by atoms with van der Waals surface area (Å²) in [5, 5.41) is 5.36. The molecule has 0 aromatic carbocycles. The maximum atomic E-state index is 13.3. The number of pyridine rings is 1. The van der Waals surface area contributed by atoms with Crippen molar-refractivity contribution in [2.75, 3.05) is 19.6 Å². The average Bonchev–Trinajstić information content (AvgIpc) is 2.83. The molecule has 94 valence electrons. The molecule has 2 aromatic heterocycles. The van der Waals surface area contributed by atoms with E-state index in [1.54, 1.807) is 12.3 Å². The summed E-state index contributed by atoms with van der Waals surface area (Å²) in [7, 11) is 0. The van der Waals surface area contributed by atoms with Gasteiger partial charge in [0.25, 0.3) is 0 Å². The van der Waals surface area contributed by atoms with Crippen molar-refractivity contribution >= 4 is 11.0 Å². The molecule has 3 fully saturated rings. The largest absolute Gasteiger partial charge is 0.301 e. The molecule has 5 heterocycles. The Hall–Kier alpha value is -1.49. The van der Waals surface area contributed by atoms with Crippen LogP contribution in [0.1, 0.15) is 18.9 Å². The highest BCUT2D eigenvalue weighted by Crippen LogP contribution is 2.36. The summed E-state index contributed by atoms with van der Waals surface area (Å²) in [6.07, 6.45) is 4.24. The quantitative estimate of drug-likeness (QED) is 0.720. The number of nitrogens with zero attached hydrogens (tertiary/aromatic N) is 4. The molecule has 1 atom stereocenters. The molecule has 3 saturated heterocycles. The van der Waals surface area contributed by atoms with Crippen LogP contribution in [-0.2, 0) is 0 Å².